The molecule has 0 aliphatic carbocycles. The van der Waals surface area contributed by atoms with E-state index in [9.17, 15) is 19.4 Å². The molecule has 1 saturated heterocycles. The van der Waals surface area contributed by atoms with Crippen molar-refractivity contribution >= 4 is 13.9 Å². The lowest BCUT2D eigenvalue weighted by molar-refractivity contribution is -0.918. The number of amides is 1. The maximum atomic E-state index is 12.3. The molecule has 0 saturated carbocycles. The quantitative estimate of drug-likeness (QED) is 0.0557. The number of aliphatic hydroxyl groups excluding tert-OH is 1. The number of unbranched alkanes of at least 4 members (excludes halogenated alkanes) is 15. The molecule has 1 aliphatic rings. The van der Waals surface area contributed by atoms with E-state index in [2.05, 4.69) is 6.92 Å². The first-order valence-corrected chi connectivity index (χ1v) is 17.1. The first-order chi connectivity index (χ1) is 18.5. The predicted molar refractivity (Wildman–Crippen MR) is 156 cm³/mol. The number of rotatable bonds is 24. The molecule has 10 heteroatoms. The van der Waals surface area contributed by atoms with Gasteiger partial charge in [-0.3, -0.25) is 9.05 Å². The Balaban J connectivity index is 1.96. The number of hydrogen-bond acceptors (Lipinski definition) is 6. The highest BCUT2D eigenvalue weighted by Crippen LogP contribution is 2.44. The third-order valence-corrected chi connectivity index (χ3v) is 8.47. The van der Waals surface area contributed by atoms with Crippen molar-refractivity contribution in [2.45, 2.75) is 122 Å². The van der Waals surface area contributed by atoms with Crippen molar-refractivity contribution < 1.29 is 37.6 Å². The lowest BCUT2D eigenvalue weighted by Crippen LogP contribution is -2.47. The zero-order valence-electron chi connectivity index (χ0n) is 25.5. The number of likely N-dealkylation sites (tertiary alicyclic amines) is 1. The molecule has 39 heavy (non-hydrogen) atoms. The highest BCUT2D eigenvalue weighted by atomic mass is 31.2. The fourth-order valence-corrected chi connectivity index (χ4v) is 5.45. The fraction of sp³-hybridized carbons (Fsp3) is 0.966. The molecule has 3 unspecified atom stereocenters. The maximum absolute atomic E-state index is 12.3. The second-order valence-corrected chi connectivity index (χ2v) is 13.6. The summed E-state index contributed by atoms with van der Waals surface area (Å²) in [5.74, 6) is -0.0551. The average molecular weight is 580 g/mol. The summed E-state index contributed by atoms with van der Waals surface area (Å²) >= 11 is 0. The number of carbonyl (C=O) groups excluding carboxylic acids is 1. The van der Waals surface area contributed by atoms with Crippen molar-refractivity contribution in [3.05, 3.63) is 0 Å². The largest absolute Gasteiger partial charge is 0.472 e. The van der Waals surface area contributed by atoms with Crippen molar-refractivity contribution in [2.75, 3.05) is 54.1 Å². The molecule has 0 spiro atoms. The lowest BCUT2D eigenvalue weighted by Gasteiger charge is -2.29. The molecule has 232 valence electrons. The highest BCUT2D eigenvalue weighted by Gasteiger charge is 2.32. The predicted octanol–water partition coefficient (Wildman–Crippen LogP) is 6.86. The maximum Gasteiger partial charge on any atom is 0.472 e. The number of quaternary nitrogens is 1. The Morgan fingerprint density at radius 1 is 0.872 bits per heavy atom. The van der Waals surface area contributed by atoms with Gasteiger partial charge in [-0.05, 0) is 12.8 Å². The van der Waals surface area contributed by atoms with Gasteiger partial charge >= 0.3 is 13.9 Å². The van der Waals surface area contributed by atoms with Gasteiger partial charge in [0.15, 0.2) is 0 Å². The van der Waals surface area contributed by atoms with Crippen LogP contribution in [0.15, 0.2) is 0 Å². The van der Waals surface area contributed by atoms with Crippen LogP contribution in [0.2, 0.25) is 0 Å². The third kappa shape index (κ3) is 19.1. The Morgan fingerprint density at radius 3 is 1.85 bits per heavy atom. The second-order valence-electron chi connectivity index (χ2n) is 12.2. The molecule has 1 rings (SSSR count). The molecule has 0 aromatic heterocycles. The van der Waals surface area contributed by atoms with Crippen molar-refractivity contribution in [3.8, 4) is 0 Å². The van der Waals surface area contributed by atoms with Crippen LogP contribution < -0.4 is 0 Å². The van der Waals surface area contributed by atoms with Crippen LogP contribution in [-0.4, -0.2) is 85.8 Å². The van der Waals surface area contributed by atoms with Crippen molar-refractivity contribution in [2.24, 2.45) is 5.92 Å². The summed E-state index contributed by atoms with van der Waals surface area (Å²) in [7, 11) is 0.997. The topological polar surface area (TPSA) is 106 Å². The summed E-state index contributed by atoms with van der Waals surface area (Å²) in [5, 5.41) is 9.94. The average Bonchev–Trinajstić information content (AvgIpc) is 3.37. The van der Waals surface area contributed by atoms with E-state index in [1.807, 2.05) is 0 Å². The van der Waals surface area contributed by atoms with E-state index in [0.29, 0.717) is 26.1 Å². The molecule has 1 fully saturated rings. The summed E-state index contributed by atoms with van der Waals surface area (Å²) in [6.45, 7) is 3.38. The van der Waals surface area contributed by atoms with Gasteiger partial charge in [-0.1, -0.05) is 103 Å². The number of likely N-dealkylation sites (N-methyl/N-ethyl adjacent to an activating group) is 1. The molecule has 0 aromatic rings. The van der Waals surface area contributed by atoms with Crippen molar-refractivity contribution in [1.29, 1.82) is 0 Å². The molecule has 3 atom stereocenters. The second kappa shape index (κ2) is 21.1. The highest BCUT2D eigenvalue weighted by molar-refractivity contribution is 7.47. The Hall–Kier alpha value is -0.700. The van der Waals surface area contributed by atoms with Crippen LogP contribution in [0.5, 0.6) is 0 Å². The molecule has 0 aromatic carbocycles. The summed E-state index contributed by atoms with van der Waals surface area (Å²) in [5.41, 5.74) is 0. The van der Waals surface area contributed by atoms with E-state index in [1.165, 1.54) is 89.9 Å². The van der Waals surface area contributed by atoms with Gasteiger partial charge in [-0.2, -0.15) is 0 Å². The van der Waals surface area contributed by atoms with E-state index in [-0.39, 0.29) is 29.7 Å². The first kappa shape index (κ1) is 36.3. The number of ether oxygens (including phenoxy) is 1. The number of phosphoric acid groups is 1. The molecule has 0 radical (unpaired) electrons. The number of phosphoric ester groups is 1. The Labute approximate surface area is 238 Å². The number of carbonyl (C=O) groups is 1. The van der Waals surface area contributed by atoms with Gasteiger partial charge in [-0.25, -0.2) is 9.36 Å². The van der Waals surface area contributed by atoms with E-state index < -0.39 is 14.1 Å². The van der Waals surface area contributed by atoms with Crippen molar-refractivity contribution in [1.82, 2.24) is 4.90 Å². The van der Waals surface area contributed by atoms with E-state index in [1.54, 1.807) is 26.0 Å². The smallest absolute Gasteiger partial charge is 0.449 e. The Bertz CT molecular complexity index is 675. The van der Waals surface area contributed by atoms with Crippen LogP contribution >= 0.6 is 7.82 Å². The van der Waals surface area contributed by atoms with Crippen LogP contribution in [-0.2, 0) is 18.3 Å². The zero-order valence-corrected chi connectivity index (χ0v) is 26.4. The van der Waals surface area contributed by atoms with Gasteiger partial charge in [0, 0.05) is 19.0 Å². The van der Waals surface area contributed by atoms with E-state index >= 15 is 0 Å². The SMILES string of the molecule is CCCCCCCCCCCCCCCCCCOC(=O)N1CCC(COP(=O)(O)OCC(O)[N+](C)(C)C)C1. The van der Waals surface area contributed by atoms with Crippen LogP contribution in [0.3, 0.4) is 0 Å². The Morgan fingerprint density at radius 2 is 1.36 bits per heavy atom. The molecular weight excluding hydrogens is 519 g/mol. The summed E-state index contributed by atoms with van der Waals surface area (Å²) in [6, 6.07) is 0. The summed E-state index contributed by atoms with van der Waals surface area (Å²) in [4.78, 5) is 23.8. The number of nitrogens with zero attached hydrogens (tertiary/aromatic N) is 2. The summed E-state index contributed by atoms with van der Waals surface area (Å²) in [6.07, 6.45) is 20.4. The van der Waals surface area contributed by atoms with Crippen LogP contribution in [0.1, 0.15) is 116 Å². The van der Waals surface area contributed by atoms with Gasteiger partial charge in [0.05, 0.1) is 34.4 Å². The number of hydrogen-bond donors (Lipinski definition) is 2. The molecule has 9 nitrogen and oxygen atoms in total. The molecular formula is C29H60N2O7P+. The van der Waals surface area contributed by atoms with Gasteiger partial charge in [0.25, 0.3) is 0 Å². The minimum atomic E-state index is -4.26. The zero-order chi connectivity index (χ0) is 29.0. The first-order valence-electron chi connectivity index (χ1n) is 15.6. The fourth-order valence-electron chi connectivity index (χ4n) is 4.66. The van der Waals surface area contributed by atoms with Crippen LogP contribution in [0, 0.1) is 5.92 Å². The molecule has 1 aliphatic heterocycles. The van der Waals surface area contributed by atoms with Crippen LogP contribution in [0.4, 0.5) is 4.79 Å². The standard InChI is InChI=1S/C29H59N2O7P/c1-5-6-7-8-9-10-11-12-13-14-15-16-17-18-19-20-23-36-29(33)30-22-21-27(24-30)25-37-39(34,35)38-26-28(32)31(2,3)4/h27-28,32H,5-26H2,1-4H3/p+1. The molecule has 1 heterocycles. The monoisotopic (exact) mass is 579 g/mol. The van der Waals surface area contributed by atoms with Crippen molar-refractivity contribution in [3.63, 3.8) is 0 Å². The van der Waals surface area contributed by atoms with Gasteiger partial charge < -0.3 is 24.1 Å². The normalized spacial score (nSPS) is 18.3. The summed E-state index contributed by atoms with van der Waals surface area (Å²) < 4.78 is 27.7. The van der Waals surface area contributed by atoms with Gasteiger partial charge in [-0.15, -0.1) is 0 Å². The van der Waals surface area contributed by atoms with Gasteiger partial charge in [0.2, 0.25) is 6.23 Å². The lowest BCUT2D eigenvalue weighted by atomic mass is 10.0. The third-order valence-electron chi connectivity index (χ3n) is 7.52. The van der Waals surface area contributed by atoms with Crippen LogP contribution in [0.25, 0.3) is 0 Å². The van der Waals surface area contributed by atoms with E-state index in [0.717, 1.165) is 12.8 Å². The minimum absolute atomic E-state index is 0.0111. The minimum Gasteiger partial charge on any atom is -0.449 e. The molecule has 2 N–H and O–H groups in total. The Kier molecular flexibility index (Phi) is 19.6. The number of aliphatic hydroxyl groups is 1. The molecule has 0 bridgehead atoms. The van der Waals surface area contributed by atoms with E-state index in [4.69, 9.17) is 13.8 Å². The van der Waals surface area contributed by atoms with Gasteiger partial charge in [0.1, 0.15) is 6.61 Å². The molecule has 1 amide bonds.